The van der Waals surface area contributed by atoms with Gasteiger partial charge in [0.2, 0.25) is 0 Å². The van der Waals surface area contributed by atoms with Gasteiger partial charge in [0, 0.05) is 5.69 Å². The second kappa shape index (κ2) is 8.23. The Kier molecular flexibility index (Phi) is 6.28. The molecule has 0 unspecified atom stereocenters. The summed E-state index contributed by atoms with van der Waals surface area (Å²) in [5.74, 6) is -0.874. The molecular weight excluding hydrogens is 365 g/mol. The van der Waals surface area contributed by atoms with Crippen molar-refractivity contribution < 1.29 is 19.1 Å². The molecule has 1 N–H and O–H groups in total. The van der Waals surface area contributed by atoms with Crippen LogP contribution in [-0.2, 0) is 9.53 Å². The third kappa shape index (κ3) is 4.87. The fourth-order valence-corrected chi connectivity index (χ4v) is 2.87. The molecule has 0 saturated heterocycles. The van der Waals surface area contributed by atoms with Crippen molar-refractivity contribution in [2.45, 2.75) is 13.8 Å². The van der Waals surface area contributed by atoms with E-state index in [1.165, 1.54) is 19.2 Å². The van der Waals surface area contributed by atoms with Gasteiger partial charge in [-0.3, -0.25) is 4.79 Å². The number of halogens is 2. The van der Waals surface area contributed by atoms with Crippen LogP contribution < -0.4 is 10.1 Å². The Morgan fingerprint density at radius 2 is 1.72 bits per heavy atom. The molecule has 0 aliphatic rings. The lowest BCUT2D eigenvalue weighted by molar-refractivity contribution is -0.119. The van der Waals surface area contributed by atoms with Crippen LogP contribution in [-0.4, -0.2) is 25.6 Å². The lowest BCUT2D eigenvalue weighted by Crippen LogP contribution is -2.21. The van der Waals surface area contributed by atoms with Crippen molar-refractivity contribution in [2.75, 3.05) is 19.0 Å². The summed E-state index contributed by atoms with van der Waals surface area (Å²) in [5.41, 5.74) is 2.82. The van der Waals surface area contributed by atoms with Crippen LogP contribution in [0.5, 0.6) is 5.75 Å². The van der Waals surface area contributed by atoms with Crippen LogP contribution >= 0.6 is 23.2 Å². The molecule has 2 aromatic rings. The van der Waals surface area contributed by atoms with Crippen LogP contribution in [0.4, 0.5) is 5.69 Å². The van der Waals surface area contributed by atoms with Crippen molar-refractivity contribution in [3.8, 4) is 5.75 Å². The monoisotopic (exact) mass is 381 g/mol. The quantitative estimate of drug-likeness (QED) is 0.778. The van der Waals surface area contributed by atoms with E-state index in [9.17, 15) is 9.59 Å². The summed E-state index contributed by atoms with van der Waals surface area (Å²) in [5, 5.41) is 3.06. The summed E-state index contributed by atoms with van der Waals surface area (Å²) in [6.07, 6.45) is 0. The summed E-state index contributed by atoms with van der Waals surface area (Å²) in [7, 11) is 1.42. The van der Waals surface area contributed by atoms with Crippen LogP contribution in [0.3, 0.4) is 0 Å². The topological polar surface area (TPSA) is 64.6 Å². The average molecular weight is 382 g/mol. The minimum Gasteiger partial charge on any atom is -0.494 e. The smallest absolute Gasteiger partial charge is 0.338 e. The Morgan fingerprint density at radius 3 is 2.28 bits per heavy atom. The second-order valence-electron chi connectivity index (χ2n) is 5.42. The Morgan fingerprint density at radius 1 is 1.08 bits per heavy atom. The molecule has 0 fully saturated rings. The summed E-state index contributed by atoms with van der Waals surface area (Å²) < 4.78 is 10.0. The van der Waals surface area contributed by atoms with E-state index in [2.05, 4.69) is 5.32 Å². The number of hydrogen-bond acceptors (Lipinski definition) is 4. The van der Waals surface area contributed by atoms with E-state index in [1.807, 2.05) is 26.0 Å². The predicted molar refractivity (Wildman–Crippen MR) is 97.8 cm³/mol. The molecule has 5 nitrogen and oxygen atoms in total. The summed E-state index contributed by atoms with van der Waals surface area (Å²) in [4.78, 5) is 24.0. The predicted octanol–water partition coefficient (Wildman–Crippen LogP) is 4.41. The van der Waals surface area contributed by atoms with Gasteiger partial charge >= 0.3 is 5.97 Å². The Hall–Kier alpha value is -2.24. The molecule has 1 amide bonds. The lowest BCUT2D eigenvalue weighted by atomic mass is 10.1. The number of anilines is 1. The first-order valence-electron chi connectivity index (χ1n) is 7.39. The molecule has 0 radical (unpaired) electrons. The van der Waals surface area contributed by atoms with E-state index in [0.717, 1.165) is 11.1 Å². The van der Waals surface area contributed by atoms with Crippen LogP contribution in [0.25, 0.3) is 0 Å². The molecule has 25 heavy (non-hydrogen) atoms. The Balaban J connectivity index is 1.98. The number of esters is 1. The molecule has 0 spiro atoms. The highest BCUT2D eigenvalue weighted by molar-refractivity contribution is 6.37. The van der Waals surface area contributed by atoms with Crippen molar-refractivity contribution >= 4 is 40.8 Å². The molecule has 0 heterocycles. The van der Waals surface area contributed by atoms with Crippen LogP contribution in [0, 0.1) is 13.8 Å². The maximum absolute atomic E-state index is 12.1. The molecule has 0 aliphatic heterocycles. The normalized spacial score (nSPS) is 10.3. The molecule has 132 valence electrons. The SMILES string of the molecule is COc1c(Cl)cc(C(=O)OCC(=O)Nc2ccc(C)cc2C)cc1Cl. The number of rotatable bonds is 5. The van der Waals surface area contributed by atoms with E-state index in [-0.39, 0.29) is 21.4 Å². The molecular formula is C18H17Cl2NO4. The van der Waals surface area contributed by atoms with Crippen LogP contribution in [0.2, 0.25) is 10.0 Å². The fraction of sp³-hybridized carbons (Fsp3) is 0.222. The van der Waals surface area contributed by atoms with Crippen molar-refractivity contribution in [1.29, 1.82) is 0 Å². The minimum absolute atomic E-state index is 0.134. The maximum Gasteiger partial charge on any atom is 0.338 e. The average Bonchev–Trinajstić information content (AvgIpc) is 2.55. The Bertz CT molecular complexity index is 798. The van der Waals surface area contributed by atoms with E-state index in [1.54, 1.807) is 6.07 Å². The molecule has 2 rings (SSSR count). The first kappa shape index (κ1) is 19.1. The molecule has 0 bridgehead atoms. The lowest BCUT2D eigenvalue weighted by Gasteiger charge is -2.11. The molecule has 0 atom stereocenters. The number of benzene rings is 2. The zero-order valence-electron chi connectivity index (χ0n) is 14.0. The minimum atomic E-state index is -0.706. The molecule has 7 heteroatoms. The van der Waals surface area contributed by atoms with E-state index >= 15 is 0 Å². The van der Waals surface area contributed by atoms with Crippen LogP contribution in [0.15, 0.2) is 30.3 Å². The van der Waals surface area contributed by atoms with E-state index in [4.69, 9.17) is 32.7 Å². The largest absolute Gasteiger partial charge is 0.494 e. The van der Waals surface area contributed by atoms with E-state index < -0.39 is 18.5 Å². The van der Waals surface area contributed by atoms with Gasteiger partial charge < -0.3 is 14.8 Å². The third-order valence-corrected chi connectivity index (χ3v) is 3.99. The first-order valence-corrected chi connectivity index (χ1v) is 8.14. The standard InChI is InChI=1S/C18H17Cl2NO4/c1-10-4-5-15(11(2)6-10)21-16(22)9-25-18(23)12-7-13(19)17(24-3)14(20)8-12/h4-8H,9H2,1-3H3,(H,21,22). The van der Waals surface area contributed by atoms with Gasteiger partial charge in [0.1, 0.15) is 0 Å². The van der Waals surface area contributed by atoms with Crippen LogP contribution in [0.1, 0.15) is 21.5 Å². The molecule has 2 aromatic carbocycles. The first-order chi connectivity index (χ1) is 11.8. The van der Waals surface area contributed by atoms with Gasteiger partial charge in [0.25, 0.3) is 5.91 Å². The highest BCUT2D eigenvalue weighted by atomic mass is 35.5. The third-order valence-electron chi connectivity index (χ3n) is 3.43. The molecule has 0 aromatic heterocycles. The highest BCUT2D eigenvalue weighted by Gasteiger charge is 2.16. The number of methoxy groups -OCH3 is 1. The summed E-state index contributed by atoms with van der Waals surface area (Å²) in [6.45, 7) is 3.43. The van der Waals surface area contributed by atoms with Crippen molar-refractivity contribution in [3.05, 3.63) is 57.1 Å². The van der Waals surface area contributed by atoms with Gasteiger partial charge in [-0.25, -0.2) is 4.79 Å². The maximum atomic E-state index is 12.1. The number of hydrogen-bond donors (Lipinski definition) is 1. The van der Waals surface area contributed by atoms with E-state index in [0.29, 0.717) is 5.69 Å². The van der Waals surface area contributed by atoms with Gasteiger partial charge in [0.15, 0.2) is 12.4 Å². The van der Waals surface area contributed by atoms with Gasteiger partial charge in [0.05, 0.1) is 22.7 Å². The van der Waals surface area contributed by atoms with Gasteiger partial charge in [-0.2, -0.15) is 0 Å². The van der Waals surface area contributed by atoms with Gasteiger partial charge in [-0.05, 0) is 37.6 Å². The second-order valence-corrected chi connectivity index (χ2v) is 6.23. The van der Waals surface area contributed by atoms with Crippen molar-refractivity contribution in [1.82, 2.24) is 0 Å². The zero-order valence-corrected chi connectivity index (χ0v) is 15.5. The Labute approximate surface area is 155 Å². The summed E-state index contributed by atoms with van der Waals surface area (Å²) >= 11 is 12.0. The number of amides is 1. The van der Waals surface area contributed by atoms with Crippen molar-refractivity contribution in [3.63, 3.8) is 0 Å². The van der Waals surface area contributed by atoms with Gasteiger partial charge in [-0.15, -0.1) is 0 Å². The molecule has 0 saturated carbocycles. The molecule has 0 aliphatic carbocycles. The van der Waals surface area contributed by atoms with Gasteiger partial charge in [-0.1, -0.05) is 40.9 Å². The van der Waals surface area contributed by atoms with Crippen molar-refractivity contribution in [2.24, 2.45) is 0 Å². The highest BCUT2D eigenvalue weighted by Crippen LogP contribution is 2.34. The fourth-order valence-electron chi connectivity index (χ4n) is 2.23. The number of ether oxygens (including phenoxy) is 2. The zero-order chi connectivity index (χ0) is 18.6. The number of nitrogens with one attached hydrogen (secondary N) is 1. The number of aryl methyl sites for hydroxylation is 2. The number of carbonyl (C=O) groups is 2. The number of carbonyl (C=O) groups excluding carboxylic acids is 2. The summed E-state index contributed by atoms with van der Waals surface area (Å²) in [6, 6.07) is 8.37.